The number of esters is 1. The van der Waals surface area contributed by atoms with E-state index in [4.69, 9.17) is 9.84 Å². The maximum absolute atomic E-state index is 11.5. The number of unbranched alkanes of at least 4 members (excludes halogenated alkanes) is 3. The highest BCUT2D eigenvalue weighted by atomic mass is 16.5. The Morgan fingerprint density at radius 3 is 2.79 bits per heavy atom. The van der Waals surface area contributed by atoms with E-state index < -0.39 is 0 Å². The van der Waals surface area contributed by atoms with Crippen LogP contribution in [0.1, 0.15) is 39.0 Å². The molecule has 0 saturated carbocycles. The Bertz CT molecular complexity index is 338. The molecule has 0 aromatic carbocycles. The van der Waals surface area contributed by atoms with E-state index >= 15 is 0 Å². The number of ether oxygens (including phenoxy) is 1. The molecule has 1 aromatic heterocycles. The Kier molecular flexibility index (Phi) is 7.89. The molecule has 0 bridgehead atoms. The summed E-state index contributed by atoms with van der Waals surface area (Å²) < 4.78 is 6.98. The van der Waals surface area contributed by atoms with Gasteiger partial charge in [0.05, 0.1) is 25.5 Å². The number of aliphatic hydroxyl groups excluding tert-OH is 1. The molecular weight excluding hydrogens is 244 g/mol. The van der Waals surface area contributed by atoms with Crippen molar-refractivity contribution < 1.29 is 14.6 Å². The third-order valence-corrected chi connectivity index (χ3v) is 3.12. The van der Waals surface area contributed by atoms with Crippen LogP contribution in [0.15, 0.2) is 18.7 Å². The normalized spacial score (nSPS) is 12.3. The summed E-state index contributed by atoms with van der Waals surface area (Å²) in [6, 6.07) is 0. The van der Waals surface area contributed by atoms with Gasteiger partial charge >= 0.3 is 5.97 Å². The maximum atomic E-state index is 11.5. The molecule has 0 amide bonds. The molecule has 0 aliphatic carbocycles. The Morgan fingerprint density at radius 2 is 2.16 bits per heavy atom. The first-order valence-electron chi connectivity index (χ1n) is 7.01. The van der Waals surface area contributed by atoms with E-state index in [-0.39, 0.29) is 18.5 Å². The first-order chi connectivity index (χ1) is 9.27. The molecule has 1 aromatic rings. The number of imidazole rings is 1. The van der Waals surface area contributed by atoms with Crippen LogP contribution in [0.4, 0.5) is 0 Å². The Hall–Kier alpha value is -1.36. The molecule has 19 heavy (non-hydrogen) atoms. The first-order valence-corrected chi connectivity index (χ1v) is 7.01. The molecule has 1 heterocycles. The van der Waals surface area contributed by atoms with Crippen LogP contribution in [0, 0.1) is 5.92 Å². The molecule has 0 aliphatic rings. The van der Waals surface area contributed by atoms with Crippen molar-refractivity contribution in [2.24, 2.45) is 5.92 Å². The van der Waals surface area contributed by atoms with Crippen molar-refractivity contribution in [2.75, 3.05) is 13.2 Å². The lowest BCUT2D eigenvalue weighted by atomic mass is 10.0. The highest BCUT2D eigenvalue weighted by molar-refractivity contribution is 5.72. The van der Waals surface area contributed by atoms with Crippen LogP contribution in [0.5, 0.6) is 0 Å². The van der Waals surface area contributed by atoms with E-state index in [1.54, 1.807) is 13.1 Å². The molecule has 0 saturated heterocycles. The van der Waals surface area contributed by atoms with E-state index in [1.807, 2.05) is 12.5 Å². The molecule has 5 nitrogen and oxygen atoms in total. The number of hydrogen-bond acceptors (Lipinski definition) is 4. The molecule has 108 valence electrons. The molecule has 1 N–H and O–H groups in total. The lowest BCUT2D eigenvalue weighted by Crippen LogP contribution is -2.21. The van der Waals surface area contributed by atoms with Gasteiger partial charge in [-0.1, -0.05) is 19.3 Å². The number of carbonyl (C=O) groups is 1. The van der Waals surface area contributed by atoms with E-state index in [2.05, 4.69) is 9.55 Å². The summed E-state index contributed by atoms with van der Waals surface area (Å²) in [4.78, 5) is 15.4. The second kappa shape index (κ2) is 9.55. The molecule has 0 spiro atoms. The average molecular weight is 268 g/mol. The van der Waals surface area contributed by atoms with Crippen LogP contribution in [-0.2, 0) is 16.1 Å². The third kappa shape index (κ3) is 6.38. The summed E-state index contributed by atoms with van der Waals surface area (Å²) in [5, 5.41) is 9.14. The van der Waals surface area contributed by atoms with Crippen molar-refractivity contribution in [3.8, 4) is 0 Å². The number of aryl methyl sites for hydroxylation is 1. The molecular formula is C14H24N2O3. The van der Waals surface area contributed by atoms with Gasteiger partial charge in [0, 0.05) is 18.9 Å². The van der Waals surface area contributed by atoms with Gasteiger partial charge in [-0.25, -0.2) is 4.98 Å². The fourth-order valence-electron chi connectivity index (χ4n) is 2.00. The monoisotopic (exact) mass is 268 g/mol. The van der Waals surface area contributed by atoms with Crippen molar-refractivity contribution in [3.63, 3.8) is 0 Å². The number of aromatic nitrogens is 2. The van der Waals surface area contributed by atoms with Crippen LogP contribution in [0.3, 0.4) is 0 Å². The minimum Gasteiger partial charge on any atom is -0.466 e. The predicted molar refractivity (Wildman–Crippen MR) is 72.5 cm³/mol. The highest BCUT2D eigenvalue weighted by Gasteiger charge is 2.17. The van der Waals surface area contributed by atoms with E-state index in [0.717, 1.165) is 32.2 Å². The average Bonchev–Trinajstić information content (AvgIpc) is 2.91. The van der Waals surface area contributed by atoms with Crippen molar-refractivity contribution in [1.82, 2.24) is 9.55 Å². The first kappa shape index (κ1) is 15.7. The van der Waals surface area contributed by atoms with E-state index in [9.17, 15) is 4.79 Å². The fourth-order valence-corrected chi connectivity index (χ4v) is 2.00. The standard InChI is InChI=1S/C14H24N2O3/c1-2-19-14(18)13(11-17)7-5-3-4-6-9-16-10-8-15-12-16/h8,10,12-13,17H,2-7,9,11H2,1H3/t13-/m0/s1. The maximum Gasteiger partial charge on any atom is 0.311 e. The van der Waals surface area contributed by atoms with Gasteiger partial charge in [-0.15, -0.1) is 0 Å². The van der Waals surface area contributed by atoms with E-state index in [0.29, 0.717) is 13.0 Å². The number of aliphatic hydroxyl groups is 1. The van der Waals surface area contributed by atoms with Gasteiger partial charge in [-0.05, 0) is 19.8 Å². The number of nitrogens with zero attached hydrogens (tertiary/aromatic N) is 2. The molecule has 0 radical (unpaired) electrons. The molecule has 0 fully saturated rings. The van der Waals surface area contributed by atoms with Gasteiger partial charge in [0.1, 0.15) is 0 Å². The van der Waals surface area contributed by atoms with Gasteiger partial charge in [0.15, 0.2) is 0 Å². The van der Waals surface area contributed by atoms with Gasteiger partial charge in [0.25, 0.3) is 0 Å². The van der Waals surface area contributed by atoms with Gasteiger partial charge in [0.2, 0.25) is 0 Å². The summed E-state index contributed by atoms with van der Waals surface area (Å²) in [5.41, 5.74) is 0. The minimum absolute atomic E-state index is 0.117. The lowest BCUT2D eigenvalue weighted by molar-refractivity contribution is -0.149. The quantitative estimate of drug-likeness (QED) is 0.521. The molecule has 0 aliphatic heterocycles. The molecule has 1 rings (SSSR count). The van der Waals surface area contributed by atoms with Crippen LogP contribution in [0.25, 0.3) is 0 Å². The number of hydrogen-bond donors (Lipinski definition) is 1. The summed E-state index contributed by atoms with van der Waals surface area (Å²) in [6.45, 7) is 3.03. The number of rotatable bonds is 10. The van der Waals surface area contributed by atoms with Gasteiger partial charge in [-0.2, -0.15) is 0 Å². The molecule has 5 heteroatoms. The van der Waals surface area contributed by atoms with Crippen LogP contribution in [-0.4, -0.2) is 33.8 Å². The third-order valence-electron chi connectivity index (χ3n) is 3.12. The Labute approximate surface area is 114 Å². The zero-order chi connectivity index (χ0) is 13.9. The van der Waals surface area contributed by atoms with Crippen molar-refractivity contribution >= 4 is 5.97 Å². The zero-order valence-corrected chi connectivity index (χ0v) is 11.6. The fraction of sp³-hybridized carbons (Fsp3) is 0.714. The summed E-state index contributed by atoms with van der Waals surface area (Å²) in [5.74, 6) is -0.628. The topological polar surface area (TPSA) is 64.3 Å². The second-order valence-electron chi connectivity index (χ2n) is 4.63. The summed E-state index contributed by atoms with van der Waals surface area (Å²) in [6.07, 6.45) is 10.5. The molecule has 1 atom stereocenters. The molecule has 0 unspecified atom stereocenters. The summed E-state index contributed by atoms with van der Waals surface area (Å²) in [7, 11) is 0. The lowest BCUT2D eigenvalue weighted by Gasteiger charge is -2.12. The van der Waals surface area contributed by atoms with Crippen molar-refractivity contribution in [2.45, 2.75) is 45.6 Å². The second-order valence-corrected chi connectivity index (χ2v) is 4.63. The Morgan fingerprint density at radius 1 is 1.37 bits per heavy atom. The minimum atomic E-state index is -0.353. The number of carbonyl (C=O) groups excluding carboxylic acids is 1. The van der Waals surface area contributed by atoms with Gasteiger partial charge < -0.3 is 14.4 Å². The van der Waals surface area contributed by atoms with E-state index in [1.165, 1.54) is 0 Å². The zero-order valence-electron chi connectivity index (χ0n) is 11.6. The van der Waals surface area contributed by atoms with Gasteiger partial charge in [-0.3, -0.25) is 4.79 Å². The smallest absolute Gasteiger partial charge is 0.311 e. The van der Waals surface area contributed by atoms with Crippen LogP contribution >= 0.6 is 0 Å². The largest absolute Gasteiger partial charge is 0.466 e. The van der Waals surface area contributed by atoms with Crippen LogP contribution < -0.4 is 0 Å². The van der Waals surface area contributed by atoms with Crippen molar-refractivity contribution in [1.29, 1.82) is 0 Å². The predicted octanol–water partition coefficient (Wildman–Crippen LogP) is 2.01. The van der Waals surface area contributed by atoms with Crippen LogP contribution in [0.2, 0.25) is 0 Å². The Balaban J connectivity index is 2.04. The SMILES string of the molecule is CCOC(=O)[C@H](CO)CCCCCCn1ccnc1. The summed E-state index contributed by atoms with van der Waals surface area (Å²) >= 11 is 0. The van der Waals surface area contributed by atoms with Crippen molar-refractivity contribution in [3.05, 3.63) is 18.7 Å². The highest BCUT2D eigenvalue weighted by Crippen LogP contribution is 2.12.